The molecule has 1 aliphatic heterocycles. The predicted octanol–water partition coefficient (Wildman–Crippen LogP) is 4.36. The van der Waals surface area contributed by atoms with Gasteiger partial charge in [-0.2, -0.15) is 0 Å². The lowest BCUT2D eigenvalue weighted by Gasteiger charge is -2.21. The second kappa shape index (κ2) is 8.11. The first-order chi connectivity index (χ1) is 13.1. The van der Waals surface area contributed by atoms with Crippen molar-refractivity contribution in [3.8, 4) is 0 Å². The third-order valence-electron chi connectivity index (χ3n) is 5.74. The molecule has 1 unspecified atom stereocenters. The number of benzene rings is 1. The predicted molar refractivity (Wildman–Crippen MR) is 108 cm³/mol. The van der Waals surface area contributed by atoms with E-state index in [-0.39, 0.29) is 11.7 Å². The first-order valence-corrected chi connectivity index (χ1v) is 10.8. The first-order valence-electron chi connectivity index (χ1n) is 9.96. The van der Waals surface area contributed by atoms with Crippen molar-refractivity contribution in [3.05, 3.63) is 57.0 Å². The number of hydrogen-bond donors (Lipinski definition) is 0. The lowest BCUT2D eigenvalue weighted by Crippen LogP contribution is -2.34. The highest BCUT2D eigenvalue weighted by molar-refractivity contribution is 7.14. The van der Waals surface area contributed by atoms with Crippen LogP contribution in [-0.2, 0) is 19.4 Å². The van der Waals surface area contributed by atoms with Crippen molar-refractivity contribution in [3.63, 3.8) is 0 Å². The van der Waals surface area contributed by atoms with Crippen molar-refractivity contribution in [2.75, 3.05) is 26.2 Å². The normalized spacial score (nSPS) is 21.0. The maximum atomic E-state index is 13.1. The van der Waals surface area contributed by atoms with Crippen LogP contribution >= 0.6 is 11.3 Å². The minimum absolute atomic E-state index is 0.195. The van der Waals surface area contributed by atoms with Gasteiger partial charge in [0.15, 0.2) is 0 Å². The maximum absolute atomic E-state index is 13.1. The largest absolute Gasteiger partial charge is 0.337 e. The molecule has 4 rings (SSSR count). The first kappa shape index (κ1) is 18.6. The molecule has 1 aromatic carbocycles. The quantitative estimate of drug-likeness (QED) is 0.782. The Morgan fingerprint density at radius 1 is 1.19 bits per heavy atom. The average molecular weight is 387 g/mol. The van der Waals surface area contributed by atoms with Crippen LogP contribution in [0.4, 0.5) is 4.39 Å². The molecule has 2 aliphatic rings. The second-order valence-corrected chi connectivity index (χ2v) is 9.09. The van der Waals surface area contributed by atoms with Gasteiger partial charge in [-0.25, -0.2) is 4.39 Å². The zero-order valence-corrected chi connectivity index (χ0v) is 16.7. The van der Waals surface area contributed by atoms with E-state index in [9.17, 15) is 9.18 Å². The molecule has 1 saturated heterocycles. The van der Waals surface area contributed by atoms with E-state index in [2.05, 4.69) is 17.9 Å². The Labute approximate surface area is 164 Å². The smallest absolute Gasteiger partial charge is 0.263 e. The van der Waals surface area contributed by atoms with Gasteiger partial charge in [-0.1, -0.05) is 19.1 Å². The Kier molecular flexibility index (Phi) is 5.60. The van der Waals surface area contributed by atoms with Crippen molar-refractivity contribution in [1.29, 1.82) is 0 Å². The van der Waals surface area contributed by atoms with Crippen LogP contribution in [0, 0.1) is 11.7 Å². The van der Waals surface area contributed by atoms with Gasteiger partial charge in [0.25, 0.3) is 5.91 Å². The molecule has 0 radical (unpaired) electrons. The summed E-state index contributed by atoms with van der Waals surface area (Å²) in [6, 6.07) is 8.88. The topological polar surface area (TPSA) is 23.6 Å². The van der Waals surface area contributed by atoms with Gasteiger partial charge in [-0.05, 0) is 60.9 Å². The molecule has 5 heteroatoms. The van der Waals surface area contributed by atoms with Gasteiger partial charge in [-0.15, -0.1) is 11.3 Å². The third-order valence-corrected chi connectivity index (χ3v) is 6.96. The van der Waals surface area contributed by atoms with Gasteiger partial charge >= 0.3 is 0 Å². The number of fused-ring (bicyclic) bond motifs is 1. The van der Waals surface area contributed by atoms with E-state index in [4.69, 9.17) is 0 Å². The summed E-state index contributed by atoms with van der Waals surface area (Å²) in [6.45, 7) is 6.53. The molecule has 1 aliphatic carbocycles. The summed E-state index contributed by atoms with van der Waals surface area (Å²) < 4.78 is 13.1. The number of aryl methyl sites for hydroxylation is 1. The van der Waals surface area contributed by atoms with Gasteiger partial charge in [0, 0.05) is 37.6 Å². The van der Waals surface area contributed by atoms with E-state index in [1.54, 1.807) is 11.3 Å². The molecule has 2 heterocycles. The number of nitrogens with zero attached hydrogens (tertiary/aromatic N) is 2. The van der Waals surface area contributed by atoms with E-state index < -0.39 is 0 Å². The van der Waals surface area contributed by atoms with Crippen LogP contribution in [-0.4, -0.2) is 41.9 Å². The molecule has 1 aromatic heterocycles. The fourth-order valence-electron chi connectivity index (χ4n) is 4.15. The minimum atomic E-state index is -0.195. The Morgan fingerprint density at radius 2 is 2.00 bits per heavy atom. The van der Waals surface area contributed by atoms with Crippen LogP contribution in [0.2, 0.25) is 0 Å². The number of hydrogen-bond acceptors (Lipinski definition) is 3. The fourth-order valence-corrected chi connectivity index (χ4v) is 5.32. The van der Waals surface area contributed by atoms with E-state index >= 15 is 0 Å². The molecule has 3 nitrogen and oxygen atoms in total. The molecule has 27 heavy (non-hydrogen) atoms. The molecular weight excluding hydrogens is 359 g/mol. The Balaban J connectivity index is 1.37. The van der Waals surface area contributed by atoms with Crippen LogP contribution in [0.25, 0.3) is 0 Å². The summed E-state index contributed by atoms with van der Waals surface area (Å²) in [4.78, 5) is 19.8. The van der Waals surface area contributed by atoms with Gasteiger partial charge in [-0.3, -0.25) is 9.69 Å². The van der Waals surface area contributed by atoms with Crippen molar-refractivity contribution in [2.45, 2.75) is 39.2 Å². The molecule has 1 atom stereocenters. The zero-order chi connectivity index (χ0) is 18.8. The Bertz CT molecular complexity index is 801. The number of halogens is 1. The van der Waals surface area contributed by atoms with Crippen LogP contribution in [0.3, 0.4) is 0 Å². The second-order valence-electron chi connectivity index (χ2n) is 7.96. The van der Waals surface area contributed by atoms with Crippen molar-refractivity contribution < 1.29 is 9.18 Å². The standard InChI is InChI=1S/C22H27FN2OS/c1-16-3-8-20-18(13-16)14-21(27-20)22(26)25-10-2-9-24(11-12-25)15-17-4-6-19(23)7-5-17/h4-7,14,16H,2-3,8-13,15H2,1H3. The molecule has 0 spiro atoms. The number of thiophene rings is 1. The summed E-state index contributed by atoms with van der Waals surface area (Å²) in [6.07, 6.45) is 4.46. The Morgan fingerprint density at radius 3 is 2.81 bits per heavy atom. The molecule has 2 aromatic rings. The summed E-state index contributed by atoms with van der Waals surface area (Å²) in [7, 11) is 0. The summed E-state index contributed by atoms with van der Waals surface area (Å²) >= 11 is 1.71. The fraction of sp³-hybridized carbons (Fsp3) is 0.500. The SMILES string of the molecule is CC1CCc2sc(C(=O)N3CCCN(Cc4ccc(F)cc4)CC3)cc2C1. The molecule has 1 amide bonds. The number of carbonyl (C=O) groups is 1. The van der Waals surface area contributed by atoms with Crippen molar-refractivity contribution >= 4 is 17.2 Å². The van der Waals surface area contributed by atoms with Crippen molar-refractivity contribution in [2.24, 2.45) is 5.92 Å². The summed E-state index contributed by atoms with van der Waals surface area (Å²) in [5.41, 5.74) is 2.52. The number of rotatable bonds is 3. The summed E-state index contributed by atoms with van der Waals surface area (Å²) in [5.74, 6) is 0.735. The maximum Gasteiger partial charge on any atom is 0.263 e. The van der Waals surface area contributed by atoms with Crippen LogP contribution in [0.15, 0.2) is 30.3 Å². The van der Waals surface area contributed by atoms with E-state index in [1.165, 1.54) is 29.0 Å². The molecule has 0 bridgehead atoms. The minimum Gasteiger partial charge on any atom is -0.337 e. The molecule has 0 saturated carbocycles. The molecule has 144 valence electrons. The van der Waals surface area contributed by atoms with Gasteiger partial charge in [0.2, 0.25) is 0 Å². The highest BCUT2D eigenvalue weighted by Crippen LogP contribution is 2.32. The molecule has 1 fully saturated rings. The van der Waals surface area contributed by atoms with Crippen molar-refractivity contribution in [1.82, 2.24) is 9.80 Å². The Hall–Kier alpha value is -1.72. The van der Waals surface area contributed by atoms with E-state index in [0.717, 1.165) is 68.3 Å². The monoisotopic (exact) mass is 386 g/mol. The van der Waals surface area contributed by atoms with Crippen LogP contribution in [0.1, 0.15) is 45.4 Å². The van der Waals surface area contributed by atoms with Gasteiger partial charge < -0.3 is 4.90 Å². The molecule has 0 N–H and O–H groups in total. The number of amides is 1. The molecular formula is C22H27FN2OS. The zero-order valence-electron chi connectivity index (χ0n) is 15.9. The highest BCUT2D eigenvalue weighted by Gasteiger charge is 2.25. The van der Waals surface area contributed by atoms with E-state index in [1.807, 2.05) is 17.0 Å². The lowest BCUT2D eigenvalue weighted by molar-refractivity contribution is 0.0766. The lowest BCUT2D eigenvalue weighted by atomic mass is 9.90. The van der Waals surface area contributed by atoms with Gasteiger partial charge in [0.05, 0.1) is 4.88 Å². The number of carbonyl (C=O) groups excluding carboxylic acids is 1. The van der Waals surface area contributed by atoms with Gasteiger partial charge in [0.1, 0.15) is 5.82 Å². The highest BCUT2D eigenvalue weighted by atomic mass is 32.1. The average Bonchev–Trinajstić information content (AvgIpc) is 2.94. The van der Waals surface area contributed by atoms with Crippen LogP contribution in [0.5, 0.6) is 0 Å². The van der Waals surface area contributed by atoms with E-state index in [0.29, 0.717) is 0 Å². The van der Waals surface area contributed by atoms with Crippen LogP contribution < -0.4 is 0 Å². The summed E-state index contributed by atoms with van der Waals surface area (Å²) in [5, 5.41) is 0. The third kappa shape index (κ3) is 4.41.